The van der Waals surface area contributed by atoms with Crippen molar-refractivity contribution >= 4 is 5.69 Å². The summed E-state index contributed by atoms with van der Waals surface area (Å²) in [6, 6.07) is 10.9. The van der Waals surface area contributed by atoms with E-state index < -0.39 is 11.7 Å². The molecule has 1 aliphatic rings. The first-order valence-corrected chi connectivity index (χ1v) is 7.18. The van der Waals surface area contributed by atoms with E-state index in [-0.39, 0.29) is 0 Å². The van der Waals surface area contributed by atoms with Crippen LogP contribution < -0.4 is 10.1 Å². The lowest BCUT2D eigenvalue weighted by atomic mass is 10.0. The highest BCUT2D eigenvalue weighted by Gasteiger charge is 2.30. The van der Waals surface area contributed by atoms with Gasteiger partial charge in [-0.2, -0.15) is 13.2 Å². The molecule has 0 unspecified atom stereocenters. The summed E-state index contributed by atoms with van der Waals surface area (Å²) in [5.41, 5.74) is 2.77. The highest BCUT2D eigenvalue weighted by Crippen LogP contribution is 2.30. The first-order valence-electron chi connectivity index (χ1n) is 7.18. The normalized spacial score (nSPS) is 14.1. The standard InChI is InChI=1S/C17H16F3NO/c18-17(19,20)14-4-6-15(7-5-14)22-11-12-3-8-16-13(10-12)2-1-9-21-16/h3-8,10,21H,1-2,9,11H2. The average molecular weight is 307 g/mol. The minimum absolute atomic E-state index is 0.346. The summed E-state index contributed by atoms with van der Waals surface area (Å²) in [5.74, 6) is 0.434. The topological polar surface area (TPSA) is 21.3 Å². The van der Waals surface area contributed by atoms with Crippen LogP contribution in [0.25, 0.3) is 0 Å². The number of hydrogen-bond acceptors (Lipinski definition) is 2. The van der Waals surface area contributed by atoms with E-state index in [1.54, 1.807) is 0 Å². The van der Waals surface area contributed by atoms with Crippen molar-refractivity contribution in [1.82, 2.24) is 0 Å². The van der Waals surface area contributed by atoms with Crippen molar-refractivity contribution in [2.24, 2.45) is 0 Å². The molecule has 2 aromatic rings. The molecule has 0 aliphatic carbocycles. The highest BCUT2D eigenvalue weighted by molar-refractivity contribution is 5.54. The molecule has 2 nitrogen and oxygen atoms in total. The molecule has 2 aromatic carbocycles. The molecular formula is C17H16F3NO. The van der Waals surface area contributed by atoms with Gasteiger partial charge in [0.15, 0.2) is 0 Å². The van der Waals surface area contributed by atoms with Gasteiger partial charge in [0.05, 0.1) is 5.56 Å². The van der Waals surface area contributed by atoms with Gasteiger partial charge in [0.2, 0.25) is 0 Å². The monoisotopic (exact) mass is 307 g/mol. The van der Waals surface area contributed by atoms with Crippen LogP contribution in [0.1, 0.15) is 23.1 Å². The molecule has 1 heterocycles. The maximum Gasteiger partial charge on any atom is 0.416 e. The van der Waals surface area contributed by atoms with E-state index in [2.05, 4.69) is 11.4 Å². The molecule has 0 saturated carbocycles. The van der Waals surface area contributed by atoms with Gasteiger partial charge in [0.1, 0.15) is 12.4 Å². The number of rotatable bonds is 3. The molecule has 5 heteroatoms. The van der Waals surface area contributed by atoms with Crippen molar-refractivity contribution in [3.05, 3.63) is 59.2 Å². The van der Waals surface area contributed by atoms with E-state index in [1.165, 1.54) is 17.7 Å². The van der Waals surface area contributed by atoms with Gasteiger partial charge in [-0.25, -0.2) is 0 Å². The third-order valence-corrected chi connectivity index (χ3v) is 3.70. The summed E-state index contributed by atoms with van der Waals surface area (Å²) in [4.78, 5) is 0. The number of fused-ring (bicyclic) bond motifs is 1. The molecule has 0 aromatic heterocycles. The summed E-state index contributed by atoms with van der Waals surface area (Å²) < 4.78 is 43.0. The van der Waals surface area contributed by atoms with Crippen LogP contribution in [0, 0.1) is 0 Å². The molecular weight excluding hydrogens is 291 g/mol. The minimum Gasteiger partial charge on any atom is -0.489 e. The predicted molar refractivity (Wildman–Crippen MR) is 79.0 cm³/mol. The first kappa shape index (κ1) is 14.8. The third-order valence-electron chi connectivity index (χ3n) is 3.70. The van der Waals surface area contributed by atoms with Gasteiger partial charge in [-0.1, -0.05) is 12.1 Å². The van der Waals surface area contributed by atoms with Gasteiger partial charge in [-0.15, -0.1) is 0 Å². The van der Waals surface area contributed by atoms with E-state index in [1.807, 2.05) is 12.1 Å². The average Bonchev–Trinajstić information content (AvgIpc) is 2.52. The second-order valence-electron chi connectivity index (χ2n) is 5.33. The molecule has 0 saturated heterocycles. The molecule has 0 spiro atoms. The van der Waals surface area contributed by atoms with Gasteiger partial charge < -0.3 is 10.1 Å². The smallest absolute Gasteiger partial charge is 0.416 e. The molecule has 116 valence electrons. The SMILES string of the molecule is FC(F)(F)c1ccc(OCc2ccc3c(c2)CCCN3)cc1. The van der Waals surface area contributed by atoms with Gasteiger partial charge >= 0.3 is 6.18 Å². The van der Waals surface area contributed by atoms with Crippen molar-refractivity contribution in [2.75, 3.05) is 11.9 Å². The molecule has 0 radical (unpaired) electrons. The Morgan fingerprint density at radius 2 is 1.82 bits per heavy atom. The Balaban J connectivity index is 1.65. The Labute approximate surface area is 126 Å². The van der Waals surface area contributed by atoms with Crippen molar-refractivity contribution in [1.29, 1.82) is 0 Å². The fourth-order valence-electron chi connectivity index (χ4n) is 2.52. The zero-order chi connectivity index (χ0) is 15.6. The fraction of sp³-hybridized carbons (Fsp3) is 0.294. The molecule has 1 N–H and O–H groups in total. The van der Waals surface area contributed by atoms with Crippen molar-refractivity contribution in [2.45, 2.75) is 25.6 Å². The maximum atomic E-state index is 12.5. The van der Waals surface area contributed by atoms with Crippen LogP contribution in [0.15, 0.2) is 42.5 Å². The molecule has 3 rings (SSSR count). The minimum atomic E-state index is -4.32. The Kier molecular flexibility index (Phi) is 3.96. The van der Waals surface area contributed by atoms with Crippen LogP contribution in [0.2, 0.25) is 0 Å². The lowest BCUT2D eigenvalue weighted by Gasteiger charge is -2.18. The number of nitrogens with one attached hydrogen (secondary N) is 1. The molecule has 0 bridgehead atoms. The van der Waals surface area contributed by atoms with Gasteiger partial charge in [-0.05, 0) is 54.3 Å². The molecule has 1 aliphatic heterocycles. The number of halogens is 3. The largest absolute Gasteiger partial charge is 0.489 e. The highest BCUT2D eigenvalue weighted by atomic mass is 19.4. The van der Waals surface area contributed by atoms with Crippen LogP contribution >= 0.6 is 0 Å². The summed E-state index contributed by atoms with van der Waals surface area (Å²) in [7, 11) is 0. The fourth-order valence-corrected chi connectivity index (χ4v) is 2.52. The number of hydrogen-bond donors (Lipinski definition) is 1. The quantitative estimate of drug-likeness (QED) is 0.891. The number of benzene rings is 2. The van der Waals surface area contributed by atoms with Crippen LogP contribution in [-0.2, 0) is 19.2 Å². The Hall–Kier alpha value is -2.17. The van der Waals surface area contributed by atoms with Crippen molar-refractivity contribution < 1.29 is 17.9 Å². The van der Waals surface area contributed by atoms with Crippen LogP contribution in [0.3, 0.4) is 0 Å². The molecule has 0 fully saturated rings. The van der Waals surface area contributed by atoms with Gasteiger partial charge in [0, 0.05) is 12.2 Å². The van der Waals surface area contributed by atoms with Crippen LogP contribution in [0.5, 0.6) is 5.75 Å². The predicted octanol–water partition coefficient (Wildman–Crippen LogP) is 4.64. The number of aryl methyl sites for hydroxylation is 1. The maximum absolute atomic E-state index is 12.5. The third kappa shape index (κ3) is 3.35. The summed E-state index contributed by atoms with van der Waals surface area (Å²) in [6.07, 6.45) is -2.17. The van der Waals surface area contributed by atoms with E-state index >= 15 is 0 Å². The summed E-state index contributed by atoms with van der Waals surface area (Å²) in [5, 5.41) is 3.34. The zero-order valence-electron chi connectivity index (χ0n) is 11.9. The second kappa shape index (κ2) is 5.91. The summed E-state index contributed by atoms with van der Waals surface area (Å²) in [6.45, 7) is 1.34. The lowest BCUT2D eigenvalue weighted by molar-refractivity contribution is -0.137. The molecule has 22 heavy (non-hydrogen) atoms. The van der Waals surface area contributed by atoms with Gasteiger partial charge in [-0.3, -0.25) is 0 Å². The Bertz CT molecular complexity index is 650. The Morgan fingerprint density at radius 3 is 2.55 bits per heavy atom. The van der Waals surface area contributed by atoms with E-state index in [0.717, 1.165) is 42.8 Å². The molecule has 0 atom stereocenters. The van der Waals surface area contributed by atoms with E-state index in [0.29, 0.717) is 12.4 Å². The van der Waals surface area contributed by atoms with Crippen molar-refractivity contribution in [3.8, 4) is 5.75 Å². The first-order chi connectivity index (χ1) is 10.5. The second-order valence-corrected chi connectivity index (χ2v) is 5.33. The van der Waals surface area contributed by atoms with Gasteiger partial charge in [0.25, 0.3) is 0 Å². The van der Waals surface area contributed by atoms with E-state index in [9.17, 15) is 13.2 Å². The van der Waals surface area contributed by atoms with Crippen LogP contribution in [0.4, 0.5) is 18.9 Å². The number of alkyl halides is 3. The van der Waals surface area contributed by atoms with Crippen molar-refractivity contribution in [3.63, 3.8) is 0 Å². The number of anilines is 1. The molecule has 0 amide bonds. The lowest BCUT2D eigenvalue weighted by Crippen LogP contribution is -2.12. The number of ether oxygens (including phenoxy) is 1. The summed E-state index contributed by atoms with van der Waals surface area (Å²) >= 11 is 0. The zero-order valence-corrected chi connectivity index (χ0v) is 11.9. The Morgan fingerprint density at radius 1 is 1.05 bits per heavy atom. The van der Waals surface area contributed by atoms with Crippen LogP contribution in [-0.4, -0.2) is 6.54 Å². The van der Waals surface area contributed by atoms with E-state index in [4.69, 9.17) is 4.74 Å².